The van der Waals surface area contributed by atoms with Crippen molar-refractivity contribution >= 4 is 0 Å². The molecule has 0 bridgehead atoms. The molecule has 17 heavy (non-hydrogen) atoms. The molecule has 0 aromatic heterocycles. The molecule has 4 heteroatoms. The molecule has 0 unspecified atom stereocenters. The van der Waals surface area contributed by atoms with Crippen LogP contribution in [-0.4, -0.2) is 6.54 Å². The average molecular weight is 243 g/mol. The molecule has 1 aromatic rings. The van der Waals surface area contributed by atoms with Gasteiger partial charge in [0.05, 0.1) is 0 Å². The highest BCUT2D eigenvalue weighted by Crippen LogP contribution is 2.46. The minimum Gasteiger partial charge on any atom is -0.330 e. The van der Waals surface area contributed by atoms with Crippen molar-refractivity contribution in [1.82, 2.24) is 0 Å². The molecule has 94 valence electrons. The zero-order chi connectivity index (χ0) is 12.5. The van der Waals surface area contributed by atoms with Crippen LogP contribution in [0.5, 0.6) is 0 Å². The van der Waals surface area contributed by atoms with E-state index in [0.717, 1.165) is 31.7 Å². The minimum absolute atomic E-state index is 0.000139. The first-order chi connectivity index (χ1) is 8.06. The van der Waals surface area contributed by atoms with Crippen LogP contribution < -0.4 is 5.73 Å². The number of hydrogen-bond donors (Lipinski definition) is 1. The normalized spacial score (nSPS) is 17.9. The Morgan fingerprint density at radius 1 is 1.06 bits per heavy atom. The minimum atomic E-state index is -1.13. The summed E-state index contributed by atoms with van der Waals surface area (Å²) in [5.74, 6) is -2.77. The SMILES string of the molecule is NCCC1(Cc2cc(F)c(F)cc2F)CCC1. The fourth-order valence-corrected chi connectivity index (χ4v) is 2.60. The molecule has 2 N–H and O–H groups in total. The first-order valence-electron chi connectivity index (χ1n) is 5.90. The second kappa shape index (κ2) is 4.69. The van der Waals surface area contributed by atoms with E-state index in [9.17, 15) is 13.2 Å². The molecule has 1 saturated carbocycles. The predicted octanol–water partition coefficient (Wildman–Crippen LogP) is 3.17. The average Bonchev–Trinajstić information content (AvgIpc) is 2.22. The van der Waals surface area contributed by atoms with Crippen molar-refractivity contribution in [3.63, 3.8) is 0 Å². The fraction of sp³-hybridized carbons (Fsp3) is 0.538. The molecule has 1 fully saturated rings. The van der Waals surface area contributed by atoms with Gasteiger partial charge >= 0.3 is 0 Å². The largest absolute Gasteiger partial charge is 0.330 e. The Kier molecular flexibility index (Phi) is 3.43. The molecular weight excluding hydrogens is 227 g/mol. The van der Waals surface area contributed by atoms with E-state index in [2.05, 4.69) is 0 Å². The molecule has 1 aliphatic rings. The van der Waals surface area contributed by atoms with Gasteiger partial charge < -0.3 is 5.73 Å². The van der Waals surface area contributed by atoms with Gasteiger partial charge in [-0.25, -0.2) is 13.2 Å². The third kappa shape index (κ3) is 2.46. The van der Waals surface area contributed by atoms with Crippen molar-refractivity contribution in [1.29, 1.82) is 0 Å². The smallest absolute Gasteiger partial charge is 0.161 e. The number of rotatable bonds is 4. The van der Waals surface area contributed by atoms with Crippen LogP contribution in [0.4, 0.5) is 13.2 Å². The Bertz CT molecular complexity index is 413. The van der Waals surface area contributed by atoms with Crippen LogP contribution in [0.1, 0.15) is 31.2 Å². The van der Waals surface area contributed by atoms with Gasteiger partial charge in [0, 0.05) is 6.07 Å². The first-order valence-corrected chi connectivity index (χ1v) is 5.90. The lowest BCUT2D eigenvalue weighted by Crippen LogP contribution is -2.34. The summed E-state index contributed by atoms with van der Waals surface area (Å²) in [5, 5.41) is 0. The second-order valence-electron chi connectivity index (χ2n) is 4.93. The van der Waals surface area contributed by atoms with Gasteiger partial charge in [0.2, 0.25) is 0 Å². The first kappa shape index (κ1) is 12.4. The third-order valence-electron chi connectivity index (χ3n) is 3.74. The fourth-order valence-electron chi connectivity index (χ4n) is 2.60. The molecule has 1 aliphatic carbocycles. The summed E-state index contributed by atoms with van der Waals surface area (Å²) in [6, 6.07) is 1.60. The monoisotopic (exact) mass is 243 g/mol. The molecule has 0 atom stereocenters. The lowest BCUT2D eigenvalue weighted by molar-refractivity contribution is 0.121. The third-order valence-corrected chi connectivity index (χ3v) is 3.74. The Labute approximate surface area is 98.8 Å². The van der Waals surface area contributed by atoms with Crippen LogP contribution in [0.3, 0.4) is 0 Å². The van der Waals surface area contributed by atoms with Crippen molar-refractivity contribution in [3.8, 4) is 0 Å². The Morgan fingerprint density at radius 3 is 2.24 bits per heavy atom. The maximum Gasteiger partial charge on any atom is 0.161 e. The molecule has 0 amide bonds. The maximum atomic E-state index is 13.5. The van der Waals surface area contributed by atoms with Gasteiger partial charge in [-0.15, -0.1) is 0 Å². The quantitative estimate of drug-likeness (QED) is 0.808. The molecular formula is C13H16F3N. The zero-order valence-electron chi connectivity index (χ0n) is 9.61. The van der Waals surface area contributed by atoms with E-state index in [1.54, 1.807) is 0 Å². The van der Waals surface area contributed by atoms with Crippen molar-refractivity contribution in [2.24, 2.45) is 11.1 Å². The van der Waals surface area contributed by atoms with E-state index < -0.39 is 17.5 Å². The van der Waals surface area contributed by atoms with E-state index in [1.165, 1.54) is 0 Å². The summed E-state index contributed by atoms with van der Waals surface area (Å²) in [6.45, 7) is 0.547. The van der Waals surface area contributed by atoms with Gasteiger partial charge in [-0.2, -0.15) is 0 Å². The Balaban J connectivity index is 2.20. The summed E-state index contributed by atoms with van der Waals surface area (Å²) < 4.78 is 39.4. The standard InChI is InChI=1S/C13H16F3N/c14-10-7-12(16)11(15)6-9(10)8-13(4-5-17)2-1-3-13/h6-7H,1-5,8,17H2. The van der Waals surface area contributed by atoms with Crippen LogP contribution in [0.2, 0.25) is 0 Å². The van der Waals surface area contributed by atoms with Crippen LogP contribution in [0, 0.1) is 22.9 Å². The van der Waals surface area contributed by atoms with Crippen LogP contribution >= 0.6 is 0 Å². The van der Waals surface area contributed by atoms with Gasteiger partial charge in [0.25, 0.3) is 0 Å². The molecule has 1 aromatic carbocycles. The number of nitrogens with two attached hydrogens (primary N) is 1. The van der Waals surface area contributed by atoms with Gasteiger partial charge in [0.1, 0.15) is 5.82 Å². The van der Waals surface area contributed by atoms with Gasteiger partial charge in [-0.1, -0.05) is 6.42 Å². The van der Waals surface area contributed by atoms with E-state index >= 15 is 0 Å². The van der Waals surface area contributed by atoms with Gasteiger partial charge in [-0.05, 0) is 49.3 Å². The summed E-state index contributed by atoms with van der Waals surface area (Å²) >= 11 is 0. The molecule has 0 radical (unpaired) electrons. The van der Waals surface area contributed by atoms with Crippen LogP contribution in [0.25, 0.3) is 0 Å². The molecule has 2 rings (SSSR count). The molecule has 1 nitrogen and oxygen atoms in total. The van der Waals surface area contributed by atoms with Crippen molar-refractivity contribution in [2.45, 2.75) is 32.1 Å². The highest BCUT2D eigenvalue weighted by atomic mass is 19.2. The molecule has 0 heterocycles. The highest BCUT2D eigenvalue weighted by Gasteiger charge is 2.36. The Morgan fingerprint density at radius 2 is 1.71 bits per heavy atom. The van der Waals surface area contributed by atoms with E-state index in [1.807, 2.05) is 0 Å². The number of hydrogen-bond acceptors (Lipinski definition) is 1. The Hall–Kier alpha value is -1.03. The molecule has 0 saturated heterocycles. The van der Waals surface area contributed by atoms with E-state index in [-0.39, 0.29) is 11.0 Å². The summed E-state index contributed by atoms with van der Waals surface area (Å²) in [5.41, 5.74) is 5.80. The van der Waals surface area contributed by atoms with Gasteiger partial charge in [0.15, 0.2) is 11.6 Å². The predicted molar refractivity (Wildman–Crippen MR) is 60.0 cm³/mol. The van der Waals surface area contributed by atoms with Gasteiger partial charge in [-0.3, -0.25) is 0 Å². The van der Waals surface area contributed by atoms with E-state index in [0.29, 0.717) is 19.0 Å². The number of halogens is 3. The summed E-state index contributed by atoms with van der Waals surface area (Å²) in [6.07, 6.45) is 4.34. The summed E-state index contributed by atoms with van der Waals surface area (Å²) in [4.78, 5) is 0. The van der Waals surface area contributed by atoms with Crippen LogP contribution in [-0.2, 0) is 6.42 Å². The lowest BCUT2D eigenvalue weighted by Gasteiger charge is -2.42. The highest BCUT2D eigenvalue weighted by molar-refractivity contribution is 5.22. The summed E-state index contributed by atoms with van der Waals surface area (Å²) in [7, 11) is 0. The molecule has 0 aliphatic heterocycles. The number of benzene rings is 1. The lowest BCUT2D eigenvalue weighted by atomic mass is 9.63. The zero-order valence-corrected chi connectivity index (χ0v) is 9.61. The van der Waals surface area contributed by atoms with Crippen molar-refractivity contribution in [2.75, 3.05) is 6.54 Å². The van der Waals surface area contributed by atoms with Crippen LogP contribution in [0.15, 0.2) is 12.1 Å². The topological polar surface area (TPSA) is 26.0 Å². The second-order valence-corrected chi connectivity index (χ2v) is 4.93. The van der Waals surface area contributed by atoms with Crippen molar-refractivity contribution < 1.29 is 13.2 Å². The van der Waals surface area contributed by atoms with E-state index in [4.69, 9.17) is 5.73 Å². The maximum absolute atomic E-state index is 13.5. The molecule has 0 spiro atoms. The van der Waals surface area contributed by atoms with Crippen molar-refractivity contribution in [3.05, 3.63) is 35.1 Å².